The molecule has 37 heavy (non-hydrogen) atoms. The van der Waals surface area contributed by atoms with Gasteiger partial charge in [0.15, 0.2) is 5.84 Å². The lowest BCUT2D eigenvalue weighted by Crippen LogP contribution is -2.41. The molecule has 4 rings (SSSR count). The van der Waals surface area contributed by atoms with Gasteiger partial charge in [0, 0.05) is 30.1 Å². The zero-order chi connectivity index (χ0) is 26.5. The maximum absolute atomic E-state index is 12.9. The molecular formula is C27H29N7O3. The number of amidine groups is 1. The minimum absolute atomic E-state index is 0.0813. The Balaban J connectivity index is 1.51. The third-order valence-electron chi connectivity index (χ3n) is 6.26. The largest absolute Gasteiger partial charge is 0.383 e. The van der Waals surface area contributed by atoms with Crippen LogP contribution in [0.15, 0.2) is 63.8 Å². The van der Waals surface area contributed by atoms with Crippen LogP contribution in [0.4, 0.5) is 11.4 Å². The molecule has 2 heterocycles. The molecule has 0 saturated carbocycles. The van der Waals surface area contributed by atoms with Crippen LogP contribution in [0.5, 0.6) is 0 Å². The SMILES string of the molecule is COC[C@H](C)NC(=O)C1CN2N=CN=C(Nc3cc(NC(=O)c4ccc(C#N)cc4)ccc3C)C2=C1C. The number of hydrogen-bond acceptors (Lipinski definition) is 8. The number of aliphatic imine (C=N–C) groups is 1. The Hall–Kier alpha value is -4.49. The number of nitrogens with one attached hydrogen (secondary N) is 3. The Morgan fingerprint density at radius 1 is 1.22 bits per heavy atom. The van der Waals surface area contributed by atoms with E-state index in [0.717, 1.165) is 22.5 Å². The number of anilines is 2. The quantitative estimate of drug-likeness (QED) is 0.536. The van der Waals surface area contributed by atoms with Crippen molar-refractivity contribution in [1.82, 2.24) is 10.3 Å². The average molecular weight is 500 g/mol. The first kappa shape index (κ1) is 25.6. The van der Waals surface area contributed by atoms with Gasteiger partial charge in [-0.25, -0.2) is 4.99 Å². The molecule has 1 unspecified atom stereocenters. The smallest absolute Gasteiger partial charge is 0.255 e. The Labute approximate surface area is 215 Å². The fourth-order valence-corrected chi connectivity index (χ4v) is 4.26. The molecular weight excluding hydrogens is 470 g/mol. The lowest BCUT2D eigenvalue weighted by Gasteiger charge is -2.23. The summed E-state index contributed by atoms with van der Waals surface area (Å²) in [7, 11) is 1.60. The third kappa shape index (κ3) is 5.68. The molecule has 0 fully saturated rings. The van der Waals surface area contributed by atoms with Gasteiger partial charge < -0.3 is 20.7 Å². The maximum Gasteiger partial charge on any atom is 0.255 e. The van der Waals surface area contributed by atoms with Crippen molar-refractivity contribution in [2.45, 2.75) is 26.8 Å². The summed E-state index contributed by atoms with van der Waals surface area (Å²) in [6.07, 6.45) is 1.46. The van der Waals surface area contributed by atoms with Crippen molar-refractivity contribution < 1.29 is 14.3 Å². The number of fused-ring (bicyclic) bond motifs is 1. The summed E-state index contributed by atoms with van der Waals surface area (Å²) in [4.78, 5) is 30.0. The first-order chi connectivity index (χ1) is 17.8. The van der Waals surface area contributed by atoms with Gasteiger partial charge in [-0.05, 0) is 68.3 Å². The maximum atomic E-state index is 12.9. The molecule has 0 bridgehead atoms. The van der Waals surface area contributed by atoms with Crippen molar-refractivity contribution in [1.29, 1.82) is 5.26 Å². The van der Waals surface area contributed by atoms with Crippen molar-refractivity contribution in [3.8, 4) is 6.07 Å². The van der Waals surface area contributed by atoms with Gasteiger partial charge in [-0.3, -0.25) is 14.6 Å². The minimum atomic E-state index is -0.365. The molecule has 2 aromatic rings. The van der Waals surface area contributed by atoms with Gasteiger partial charge in [-0.15, -0.1) is 0 Å². The number of aryl methyl sites for hydroxylation is 1. The molecule has 0 aliphatic carbocycles. The van der Waals surface area contributed by atoms with Crippen molar-refractivity contribution in [3.05, 3.63) is 70.4 Å². The molecule has 3 N–H and O–H groups in total. The van der Waals surface area contributed by atoms with Crippen molar-refractivity contribution in [3.63, 3.8) is 0 Å². The van der Waals surface area contributed by atoms with E-state index < -0.39 is 0 Å². The summed E-state index contributed by atoms with van der Waals surface area (Å²) < 4.78 is 5.12. The van der Waals surface area contributed by atoms with Gasteiger partial charge in [0.25, 0.3) is 5.91 Å². The van der Waals surface area contributed by atoms with Crippen LogP contribution >= 0.6 is 0 Å². The number of nitriles is 1. The van der Waals surface area contributed by atoms with Gasteiger partial charge in [0.1, 0.15) is 12.0 Å². The zero-order valence-electron chi connectivity index (χ0n) is 21.2. The van der Waals surface area contributed by atoms with E-state index in [4.69, 9.17) is 10.00 Å². The number of rotatable bonds is 7. The standard InChI is InChI=1S/C27H29N7O3/c1-16-5-10-21(32-26(35)20-8-6-19(12-28)7-9-20)11-23(16)33-25-24-18(3)22(13-34(24)30-15-29-25)27(36)31-17(2)14-37-4/h5-11,15,17,22H,13-14H2,1-4H3,(H,31,36)(H,32,35)(H,29,30,33)/t17-,22?/m0/s1. The molecule has 0 saturated heterocycles. The zero-order valence-corrected chi connectivity index (χ0v) is 21.2. The number of carbonyl (C=O) groups excluding carboxylic acids is 2. The molecule has 0 spiro atoms. The molecule has 2 atom stereocenters. The highest BCUT2D eigenvalue weighted by Gasteiger charge is 2.37. The lowest BCUT2D eigenvalue weighted by molar-refractivity contribution is -0.124. The summed E-state index contributed by atoms with van der Waals surface area (Å²) in [6, 6.07) is 13.9. The van der Waals surface area contributed by atoms with E-state index in [1.807, 2.05) is 45.0 Å². The first-order valence-corrected chi connectivity index (χ1v) is 11.9. The van der Waals surface area contributed by atoms with Gasteiger partial charge >= 0.3 is 0 Å². The Kier molecular flexibility index (Phi) is 7.65. The van der Waals surface area contributed by atoms with E-state index in [1.54, 1.807) is 36.4 Å². The normalized spacial score (nSPS) is 17.0. The number of nitrogens with zero attached hydrogens (tertiary/aromatic N) is 4. The van der Waals surface area contributed by atoms with E-state index in [0.29, 0.717) is 35.8 Å². The highest BCUT2D eigenvalue weighted by molar-refractivity contribution is 6.13. The molecule has 0 aromatic heterocycles. The second-order valence-corrected chi connectivity index (χ2v) is 9.04. The van der Waals surface area contributed by atoms with Crippen LogP contribution in [-0.4, -0.2) is 55.3 Å². The number of benzene rings is 2. The Morgan fingerprint density at radius 3 is 2.68 bits per heavy atom. The summed E-state index contributed by atoms with van der Waals surface area (Å²) in [5.74, 6) is -0.150. The minimum Gasteiger partial charge on any atom is -0.383 e. The van der Waals surface area contributed by atoms with E-state index >= 15 is 0 Å². The molecule has 0 radical (unpaired) electrons. The van der Waals surface area contributed by atoms with Gasteiger partial charge in [-0.2, -0.15) is 10.4 Å². The molecule has 190 valence electrons. The molecule has 2 amide bonds. The number of ether oxygens (including phenoxy) is 1. The fraction of sp³-hybridized carbons (Fsp3) is 0.296. The molecule has 2 aliphatic heterocycles. The van der Waals surface area contributed by atoms with Crippen LogP contribution in [0.2, 0.25) is 0 Å². The summed E-state index contributed by atoms with van der Waals surface area (Å²) in [6.45, 7) is 6.62. The predicted molar refractivity (Wildman–Crippen MR) is 142 cm³/mol. The fourth-order valence-electron chi connectivity index (χ4n) is 4.26. The summed E-state index contributed by atoms with van der Waals surface area (Å²) in [5.41, 5.74) is 4.88. The van der Waals surface area contributed by atoms with Gasteiger partial charge in [-0.1, -0.05) is 6.07 Å². The first-order valence-electron chi connectivity index (χ1n) is 11.9. The van der Waals surface area contributed by atoms with Crippen molar-refractivity contribution >= 4 is 35.4 Å². The molecule has 10 heteroatoms. The Morgan fingerprint density at radius 2 is 1.97 bits per heavy atom. The van der Waals surface area contributed by atoms with Crippen LogP contribution in [0.1, 0.15) is 35.3 Å². The van der Waals surface area contributed by atoms with Crippen LogP contribution in [0.25, 0.3) is 0 Å². The predicted octanol–water partition coefficient (Wildman–Crippen LogP) is 3.24. The highest BCUT2D eigenvalue weighted by atomic mass is 16.5. The summed E-state index contributed by atoms with van der Waals surface area (Å²) in [5, 5.41) is 24.3. The number of hydrogen-bond donors (Lipinski definition) is 3. The highest BCUT2D eigenvalue weighted by Crippen LogP contribution is 2.32. The third-order valence-corrected chi connectivity index (χ3v) is 6.26. The van der Waals surface area contributed by atoms with Crippen molar-refractivity contribution in [2.24, 2.45) is 16.0 Å². The van der Waals surface area contributed by atoms with Crippen LogP contribution in [-0.2, 0) is 9.53 Å². The second-order valence-electron chi connectivity index (χ2n) is 9.04. The molecule has 10 nitrogen and oxygen atoms in total. The topological polar surface area (TPSA) is 131 Å². The second kappa shape index (κ2) is 11.1. The number of carbonyl (C=O) groups is 2. The van der Waals surface area contributed by atoms with Crippen LogP contribution in [0.3, 0.4) is 0 Å². The Bertz CT molecular complexity index is 1340. The van der Waals surface area contributed by atoms with E-state index in [9.17, 15) is 9.59 Å². The van der Waals surface area contributed by atoms with E-state index in [2.05, 4.69) is 26.0 Å². The molecule has 2 aliphatic rings. The average Bonchev–Trinajstić information content (AvgIpc) is 3.23. The van der Waals surface area contributed by atoms with Crippen molar-refractivity contribution in [2.75, 3.05) is 30.9 Å². The number of methoxy groups -OCH3 is 1. The van der Waals surface area contributed by atoms with E-state index in [-0.39, 0.29) is 23.8 Å². The number of amides is 2. The van der Waals surface area contributed by atoms with Gasteiger partial charge in [0.2, 0.25) is 5.91 Å². The lowest BCUT2D eigenvalue weighted by atomic mass is 10.0. The monoisotopic (exact) mass is 499 g/mol. The van der Waals surface area contributed by atoms with Gasteiger partial charge in [0.05, 0.1) is 30.7 Å². The van der Waals surface area contributed by atoms with Crippen LogP contribution < -0.4 is 16.0 Å². The summed E-state index contributed by atoms with van der Waals surface area (Å²) >= 11 is 0. The van der Waals surface area contributed by atoms with Crippen LogP contribution in [0, 0.1) is 24.2 Å². The molecule has 2 aromatic carbocycles. The van der Waals surface area contributed by atoms with E-state index in [1.165, 1.54) is 6.34 Å². The number of hydrazone groups is 1.